The molecule has 1 aromatic carbocycles. The third-order valence-electron chi connectivity index (χ3n) is 7.40. The van der Waals surface area contributed by atoms with Gasteiger partial charge < -0.3 is 20.1 Å². The van der Waals surface area contributed by atoms with Crippen LogP contribution in [0, 0.1) is 17.1 Å². The number of fused-ring (bicyclic) bond motifs is 1. The van der Waals surface area contributed by atoms with Crippen molar-refractivity contribution in [3.05, 3.63) is 53.6 Å². The van der Waals surface area contributed by atoms with Gasteiger partial charge in [0.05, 0.1) is 11.5 Å². The number of piperidine rings is 1. The van der Waals surface area contributed by atoms with E-state index in [9.17, 15) is 9.59 Å². The lowest BCUT2D eigenvalue weighted by Crippen LogP contribution is -2.52. The molecule has 218 valence electrons. The van der Waals surface area contributed by atoms with Gasteiger partial charge in [0.15, 0.2) is 11.5 Å². The van der Waals surface area contributed by atoms with Crippen LogP contribution >= 0.6 is 0 Å². The molecule has 0 aliphatic carbocycles. The lowest BCUT2D eigenvalue weighted by atomic mass is 9.96. The van der Waals surface area contributed by atoms with Gasteiger partial charge in [-0.05, 0) is 43.0 Å². The molecule has 1 aliphatic rings. The minimum absolute atomic E-state index is 0.0603. The number of rotatable bonds is 7. The number of amides is 2. The minimum Gasteiger partial charge on any atom is -0.363 e. The summed E-state index contributed by atoms with van der Waals surface area (Å²) in [5.41, 5.74) is 1.74. The normalized spacial score (nSPS) is 17.2. The zero-order chi connectivity index (χ0) is 30.0. The quantitative estimate of drug-likeness (QED) is 0.295. The molecule has 1 saturated heterocycles. The Hall–Kier alpha value is -4.86. The number of aromatic amines is 1. The maximum atomic E-state index is 15.3. The second-order valence-electron chi connectivity index (χ2n) is 11.4. The van der Waals surface area contributed by atoms with Crippen molar-refractivity contribution in [2.45, 2.75) is 71.0 Å². The number of hydrogen-bond donors (Lipinski definition) is 3. The van der Waals surface area contributed by atoms with Crippen LogP contribution in [-0.4, -0.2) is 60.7 Å². The predicted octanol–water partition coefficient (Wildman–Crippen LogP) is 4.08. The van der Waals surface area contributed by atoms with Crippen LogP contribution in [0.25, 0.3) is 22.2 Å². The predicted molar refractivity (Wildman–Crippen MR) is 152 cm³/mol. The number of aromatic nitrogens is 5. The third kappa shape index (κ3) is 5.79. The number of hydrogen-bond acceptors (Lipinski definition) is 9. The van der Waals surface area contributed by atoms with Crippen molar-refractivity contribution in [1.29, 1.82) is 5.26 Å². The van der Waals surface area contributed by atoms with Gasteiger partial charge in [0.25, 0.3) is 11.7 Å². The average molecular weight is 574 g/mol. The molecular weight excluding hydrogens is 541 g/mol. The number of pyridine rings is 1. The number of nitriles is 1. The molecule has 12 nitrogen and oxygen atoms in total. The second-order valence-corrected chi connectivity index (χ2v) is 11.4. The van der Waals surface area contributed by atoms with E-state index >= 15 is 4.39 Å². The Morgan fingerprint density at radius 2 is 2.10 bits per heavy atom. The summed E-state index contributed by atoms with van der Waals surface area (Å²) in [6, 6.07) is 8.27. The maximum Gasteiger partial charge on any atom is 0.292 e. The summed E-state index contributed by atoms with van der Waals surface area (Å²) in [4.78, 5) is 35.2. The zero-order valence-corrected chi connectivity index (χ0v) is 23.9. The molecule has 4 heterocycles. The van der Waals surface area contributed by atoms with Crippen LogP contribution in [0.3, 0.4) is 0 Å². The molecule has 0 unspecified atom stereocenters. The number of halogens is 1. The molecule has 3 N–H and O–H groups in total. The Balaban J connectivity index is 1.34. The van der Waals surface area contributed by atoms with Crippen LogP contribution in [0.15, 0.2) is 35.0 Å². The summed E-state index contributed by atoms with van der Waals surface area (Å²) < 4.78 is 20.4. The Labute approximate surface area is 241 Å². The van der Waals surface area contributed by atoms with Crippen LogP contribution in [0.5, 0.6) is 0 Å². The molecular formula is C29H32FN9O3. The molecule has 0 saturated carbocycles. The number of carbonyl (C=O) groups excluding carboxylic acids is 2. The highest BCUT2D eigenvalue weighted by molar-refractivity contribution is 6.00. The van der Waals surface area contributed by atoms with Crippen molar-refractivity contribution in [2.24, 2.45) is 0 Å². The summed E-state index contributed by atoms with van der Waals surface area (Å²) in [6.07, 6.45) is 3.07. The largest absolute Gasteiger partial charge is 0.363 e. The molecule has 13 heteroatoms. The van der Waals surface area contributed by atoms with Crippen LogP contribution in [0.2, 0.25) is 0 Å². The molecule has 1 fully saturated rings. The molecule has 5 rings (SSSR count). The van der Waals surface area contributed by atoms with Gasteiger partial charge >= 0.3 is 0 Å². The van der Waals surface area contributed by atoms with Gasteiger partial charge in [-0.1, -0.05) is 38.1 Å². The Morgan fingerprint density at radius 3 is 2.81 bits per heavy atom. The average Bonchev–Trinajstić information content (AvgIpc) is 3.62. The van der Waals surface area contributed by atoms with Gasteiger partial charge in [0, 0.05) is 42.3 Å². The van der Waals surface area contributed by atoms with Crippen molar-refractivity contribution >= 4 is 28.7 Å². The Morgan fingerprint density at radius 1 is 1.29 bits per heavy atom. The van der Waals surface area contributed by atoms with Gasteiger partial charge in [-0.15, -0.1) is 0 Å². The summed E-state index contributed by atoms with van der Waals surface area (Å²) in [5, 5.41) is 26.8. The fraction of sp³-hybridized carbons (Fsp3) is 0.414. The van der Waals surface area contributed by atoms with Crippen LogP contribution in [-0.2, 0) is 16.8 Å². The first-order valence-corrected chi connectivity index (χ1v) is 13.7. The van der Waals surface area contributed by atoms with Crippen molar-refractivity contribution < 1.29 is 18.5 Å². The maximum absolute atomic E-state index is 15.3. The highest BCUT2D eigenvalue weighted by Gasteiger charge is 2.32. The molecule has 2 amide bonds. The van der Waals surface area contributed by atoms with E-state index in [2.05, 4.69) is 36.0 Å². The zero-order valence-electron chi connectivity index (χ0n) is 23.9. The summed E-state index contributed by atoms with van der Waals surface area (Å²) in [7, 11) is 0. The number of nitrogens with one attached hydrogen (secondary N) is 3. The minimum atomic E-state index is -0.562. The third-order valence-corrected chi connectivity index (χ3v) is 7.40. The van der Waals surface area contributed by atoms with Gasteiger partial charge in [-0.2, -0.15) is 15.3 Å². The van der Waals surface area contributed by atoms with Crippen molar-refractivity contribution in [3.8, 4) is 17.2 Å². The number of benzene rings is 1. The molecule has 1 aliphatic heterocycles. The smallest absolute Gasteiger partial charge is 0.292 e. The molecule has 4 aromatic rings. The summed E-state index contributed by atoms with van der Waals surface area (Å²) in [6.45, 7) is 8.17. The number of likely N-dealkylation sites (tertiary alicyclic amines) is 1. The van der Waals surface area contributed by atoms with Crippen molar-refractivity contribution in [3.63, 3.8) is 0 Å². The lowest BCUT2D eigenvalue weighted by Gasteiger charge is -2.39. The highest BCUT2D eigenvalue weighted by Crippen LogP contribution is 2.34. The molecule has 2 atom stereocenters. The van der Waals surface area contributed by atoms with Gasteiger partial charge in [-0.3, -0.25) is 14.7 Å². The summed E-state index contributed by atoms with van der Waals surface area (Å²) in [5.74, 6) is -0.474. The Bertz CT molecular complexity index is 1670. The van der Waals surface area contributed by atoms with Gasteiger partial charge in [0.1, 0.15) is 12.2 Å². The second kappa shape index (κ2) is 11.6. The van der Waals surface area contributed by atoms with E-state index in [1.54, 1.807) is 29.3 Å². The first-order chi connectivity index (χ1) is 20.1. The van der Waals surface area contributed by atoms with Crippen molar-refractivity contribution in [2.75, 3.05) is 11.9 Å². The number of nitrogens with zero attached hydrogens (tertiary/aromatic N) is 6. The van der Waals surface area contributed by atoms with E-state index in [0.717, 1.165) is 12.8 Å². The van der Waals surface area contributed by atoms with Gasteiger partial charge in [0.2, 0.25) is 11.8 Å². The number of anilines is 1. The van der Waals surface area contributed by atoms with E-state index in [0.29, 0.717) is 46.0 Å². The van der Waals surface area contributed by atoms with E-state index in [4.69, 9.17) is 9.78 Å². The number of H-pyrrole nitrogens is 1. The van der Waals surface area contributed by atoms with E-state index in [1.165, 1.54) is 6.07 Å². The van der Waals surface area contributed by atoms with Crippen LogP contribution in [0.1, 0.15) is 69.0 Å². The first-order valence-electron chi connectivity index (χ1n) is 13.7. The lowest BCUT2D eigenvalue weighted by molar-refractivity contribution is -0.133. The molecule has 3 aromatic heterocycles. The molecule has 0 spiro atoms. The van der Waals surface area contributed by atoms with Crippen LogP contribution in [0.4, 0.5) is 10.2 Å². The molecule has 0 radical (unpaired) electrons. The van der Waals surface area contributed by atoms with Gasteiger partial charge in [-0.25, -0.2) is 9.37 Å². The fourth-order valence-electron chi connectivity index (χ4n) is 5.06. The molecule has 0 bridgehead atoms. The fourth-order valence-corrected chi connectivity index (χ4v) is 5.06. The number of carbonyl (C=O) groups is 2. The van der Waals surface area contributed by atoms with E-state index < -0.39 is 17.1 Å². The van der Waals surface area contributed by atoms with E-state index in [1.807, 2.05) is 33.8 Å². The van der Waals surface area contributed by atoms with E-state index in [-0.39, 0.29) is 36.8 Å². The topological polar surface area (TPSA) is 166 Å². The van der Waals surface area contributed by atoms with Crippen LogP contribution < -0.4 is 10.6 Å². The highest BCUT2D eigenvalue weighted by atomic mass is 19.1. The Kier molecular flexibility index (Phi) is 7.89. The SMILES string of the molecule is C[C@@H]1[C@H](Nc2n[nH]c3nccc(-c4ccc(CNC(=O)c5noc(C(C)(C)C)n5)c(F)c4)c23)CCCN1C(=O)CC#N. The molecule has 42 heavy (non-hydrogen) atoms. The summed E-state index contributed by atoms with van der Waals surface area (Å²) >= 11 is 0. The monoisotopic (exact) mass is 573 g/mol. The standard InChI is InChI=1S/C29H32FN9O3/c1-16-21(6-5-13-39(16)22(40)9-11-31)34-25-23-19(10-12-32-24(23)36-37-25)17-7-8-18(20(30)14-17)15-33-27(41)26-35-28(42-38-26)29(2,3)4/h7-8,10,12,14,16,21H,5-6,9,13,15H2,1-4H3,(H,33,41)(H2,32,34,36,37)/t16-,21-/m1/s1. The van der Waals surface area contributed by atoms with Crippen molar-refractivity contribution in [1.82, 2.24) is 35.5 Å². The first kappa shape index (κ1) is 28.7.